The zero-order valence-corrected chi connectivity index (χ0v) is 13.4. The molecule has 7 heteroatoms. The monoisotopic (exact) mass is 338 g/mol. The van der Waals surface area contributed by atoms with Crippen LogP contribution in [0.3, 0.4) is 0 Å². The van der Waals surface area contributed by atoms with Crippen LogP contribution in [0, 0.1) is 5.82 Å². The van der Waals surface area contributed by atoms with Gasteiger partial charge in [-0.05, 0) is 36.4 Å². The van der Waals surface area contributed by atoms with E-state index in [0.29, 0.717) is 11.6 Å². The number of para-hydroxylation sites is 1. The highest BCUT2D eigenvalue weighted by Crippen LogP contribution is 2.20. The van der Waals surface area contributed by atoms with Gasteiger partial charge in [0.2, 0.25) is 0 Å². The number of hydrogen-bond donors (Lipinski definition) is 2. The predicted molar refractivity (Wildman–Crippen MR) is 92.7 cm³/mol. The number of carbonyl (C=O) groups excluding carboxylic acids is 1. The van der Waals surface area contributed by atoms with Crippen molar-refractivity contribution in [3.63, 3.8) is 0 Å². The van der Waals surface area contributed by atoms with Crippen LogP contribution >= 0.6 is 0 Å². The second-order valence-corrected chi connectivity index (χ2v) is 5.09. The number of nitrogens with zero attached hydrogens (tertiary/aromatic N) is 2. The molecule has 1 aromatic heterocycles. The predicted octanol–water partition coefficient (Wildman–Crippen LogP) is 3.62. The summed E-state index contributed by atoms with van der Waals surface area (Å²) in [5.74, 6) is 0.125. The lowest BCUT2D eigenvalue weighted by atomic mass is 10.3. The molecule has 2 N–H and O–H groups in total. The molecule has 3 rings (SSSR count). The van der Waals surface area contributed by atoms with Gasteiger partial charge in [-0.3, -0.25) is 4.79 Å². The number of rotatable bonds is 5. The molecule has 3 aromatic rings. The molecule has 0 spiro atoms. The Morgan fingerprint density at radius 3 is 2.60 bits per heavy atom. The molecule has 0 aliphatic carbocycles. The van der Waals surface area contributed by atoms with Crippen molar-refractivity contribution in [1.82, 2.24) is 10.2 Å². The molecule has 0 unspecified atom stereocenters. The number of aromatic nitrogens is 2. The molecule has 126 valence electrons. The molecular weight excluding hydrogens is 323 g/mol. The van der Waals surface area contributed by atoms with E-state index in [9.17, 15) is 9.18 Å². The van der Waals surface area contributed by atoms with Gasteiger partial charge in [0.25, 0.3) is 5.91 Å². The molecule has 0 aliphatic heterocycles. The third-order valence-electron chi connectivity index (χ3n) is 3.36. The fourth-order valence-corrected chi connectivity index (χ4v) is 2.12. The first-order valence-corrected chi connectivity index (χ1v) is 7.46. The van der Waals surface area contributed by atoms with E-state index in [2.05, 4.69) is 20.8 Å². The number of hydrogen-bond acceptors (Lipinski definition) is 5. The maximum Gasteiger partial charge on any atom is 0.276 e. The normalized spacial score (nSPS) is 10.2. The quantitative estimate of drug-likeness (QED) is 0.743. The van der Waals surface area contributed by atoms with Gasteiger partial charge in [0.05, 0.1) is 12.8 Å². The van der Waals surface area contributed by atoms with Crippen molar-refractivity contribution < 1.29 is 13.9 Å². The number of benzene rings is 2. The number of halogens is 1. The van der Waals surface area contributed by atoms with E-state index in [4.69, 9.17) is 4.74 Å². The van der Waals surface area contributed by atoms with Crippen molar-refractivity contribution in [3.05, 3.63) is 72.2 Å². The maximum atomic E-state index is 13.6. The summed E-state index contributed by atoms with van der Waals surface area (Å²) in [7, 11) is 1.59. The standard InChI is InChI=1S/C18H15FN4O2/c1-25-13-6-4-5-12(11-13)20-17-10-9-16(22-23-17)18(24)21-15-8-3-2-7-14(15)19/h2-11H,1H3,(H,20,23)(H,21,24). The number of nitrogens with one attached hydrogen (secondary N) is 2. The average molecular weight is 338 g/mol. The third kappa shape index (κ3) is 4.08. The van der Waals surface area contributed by atoms with Crippen molar-refractivity contribution in [2.45, 2.75) is 0 Å². The fraction of sp³-hybridized carbons (Fsp3) is 0.0556. The summed E-state index contributed by atoms with van der Waals surface area (Å²) in [5, 5.41) is 13.3. The lowest BCUT2D eigenvalue weighted by Gasteiger charge is -2.08. The Morgan fingerprint density at radius 1 is 1.04 bits per heavy atom. The summed E-state index contributed by atoms with van der Waals surface area (Å²) < 4.78 is 18.7. The molecule has 0 atom stereocenters. The Kier molecular flexibility index (Phi) is 4.84. The smallest absolute Gasteiger partial charge is 0.276 e. The SMILES string of the molecule is COc1cccc(Nc2ccc(C(=O)Nc3ccccc3F)nn2)c1. The third-order valence-corrected chi connectivity index (χ3v) is 3.36. The Balaban J connectivity index is 1.69. The summed E-state index contributed by atoms with van der Waals surface area (Å²) in [6.45, 7) is 0. The first-order valence-electron chi connectivity index (χ1n) is 7.46. The molecule has 0 saturated heterocycles. The van der Waals surface area contributed by atoms with E-state index in [-0.39, 0.29) is 11.4 Å². The van der Waals surface area contributed by atoms with Gasteiger partial charge in [-0.1, -0.05) is 18.2 Å². The van der Waals surface area contributed by atoms with Gasteiger partial charge in [0, 0.05) is 11.8 Å². The number of anilines is 3. The first kappa shape index (κ1) is 16.4. The van der Waals surface area contributed by atoms with Crippen LogP contribution in [0.25, 0.3) is 0 Å². The molecule has 0 radical (unpaired) electrons. The van der Waals surface area contributed by atoms with Crippen LogP contribution in [0.15, 0.2) is 60.7 Å². The molecule has 0 aliphatic rings. The van der Waals surface area contributed by atoms with Crippen molar-refractivity contribution in [2.75, 3.05) is 17.7 Å². The van der Waals surface area contributed by atoms with Crippen molar-refractivity contribution in [2.24, 2.45) is 0 Å². The minimum atomic E-state index is -0.537. The van der Waals surface area contributed by atoms with E-state index >= 15 is 0 Å². The number of amides is 1. The van der Waals surface area contributed by atoms with Gasteiger partial charge in [0.1, 0.15) is 11.6 Å². The number of methoxy groups -OCH3 is 1. The zero-order chi connectivity index (χ0) is 17.6. The molecular formula is C18H15FN4O2. The molecule has 1 heterocycles. The largest absolute Gasteiger partial charge is 0.497 e. The number of ether oxygens (including phenoxy) is 1. The Labute approximate surface area is 143 Å². The molecule has 2 aromatic carbocycles. The lowest BCUT2D eigenvalue weighted by molar-refractivity contribution is 0.102. The molecule has 0 fully saturated rings. The summed E-state index contributed by atoms with van der Waals surface area (Å²) in [6.07, 6.45) is 0. The minimum Gasteiger partial charge on any atom is -0.497 e. The van der Waals surface area contributed by atoms with Crippen LogP contribution in [0.1, 0.15) is 10.5 Å². The molecule has 0 saturated carbocycles. The van der Waals surface area contributed by atoms with E-state index < -0.39 is 11.7 Å². The van der Waals surface area contributed by atoms with Gasteiger partial charge in [-0.25, -0.2) is 4.39 Å². The highest BCUT2D eigenvalue weighted by molar-refractivity contribution is 6.02. The summed E-state index contributed by atoms with van der Waals surface area (Å²) in [5.41, 5.74) is 0.949. The Bertz CT molecular complexity index is 884. The molecule has 1 amide bonds. The van der Waals surface area contributed by atoms with Gasteiger partial charge >= 0.3 is 0 Å². The molecule has 6 nitrogen and oxygen atoms in total. The van der Waals surface area contributed by atoms with E-state index in [1.54, 1.807) is 31.4 Å². The van der Waals surface area contributed by atoms with E-state index in [1.807, 2.05) is 18.2 Å². The van der Waals surface area contributed by atoms with E-state index in [0.717, 1.165) is 5.69 Å². The minimum absolute atomic E-state index is 0.0828. The second-order valence-electron chi connectivity index (χ2n) is 5.09. The highest BCUT2D eigenvalue weighted by Gasteiger charge is 2.11. The topological polar surface area (TPSA) is 76.1 Å². The summed E-state index contributed by atoms with van der Waals surface area (Å²) in [6, 6.07) is 16.4. The van der Waals surface area contributed by atoms with Gasteiger partial charge in [-0.15, -0.1) is 10.2 Å². The van der Waals surface area contributed by atoms with Crippen LogP contribution in [0.5, 0.6) is 5.75 Å². The molecule has 25 heavy (non-hydrogen) atoms. The number of carbonyl (C=O) groups is 1. The Morgan fingerprint density at radius 2 is 1.88 bits per heavy atom. The fourth-order valence-electron chi connectivity index (χ4n) is 2.12. The van der Waals surface area contributed by atoms with Crippen LogP contribution in [0.2, 0.25) is 0 Å². The van der Waals surface area contributed by atoms with E-state index in [1.165, 1.54) is 18.2 Å². The van der Waals surface area contributed by atoms with Crippen LogP contribution in [0.4, 0.5) is 21.6 Å². The van der Waals surface area contributed by atoms with Crippen LogP contribution in [-0.2, 0) is 0 Å². The van der Waals surface area contributed by atoms with Gasteiger partial charge < -0.3 is 15.4 Å². The first-order chi connectivity index (χ1) is 12.2. The van der Waals surface area contributed by atoms with Crippen molar-refractivity contribution >= 4 is 23.1 Å². The second kappa shape index (κ2) is 7.39. The van der Waals surface area contributed by atoms with Crippen molar-refractivity contribution in [1.29, 1.82) is 0 Å². The van der Waals surface area contributed by atoms with Gasteiger partial charge in [-0.2, -0.15) is 0 Å². The average Bonchev–Trinajstić information content (AvgIpc) is 2.64. The van der Waals surface area contributed by atoms with Crippen molar-refractivity contribution in [3.8, 4) is 5.75 Å². The lowest BCUT2D eigenvalue weighted by Crippen LogP contribution is -2.15. The van der Waals surface area contributed by atoms with Gasteiger partial charge in [0.15, 0.2) is 11.5 Å². The zero-order valence-electron chi connectivity index (χ0n) is 13.4. The Hall–Kier alpha value is -3.48. The highest BCUT2D eigenvalue weighted by atomic mass is 19.1. The maximum absolute atomic E-state index is 13.6. The summed E-state index contributed by atoms with van der Waals surface area (Å²) in [4.78, 5) is 12.1. The summed E-state index contributed by atoms with van der Waals surface area (Å²) >= 11 is 0. The molecule has 0 bridgehead atoms. The van der Waals surface area contributed by atoms with Crippen LogP contribution in [-0.4, -0.2) is 23.2 Å². The van der Waals surface area contributed by atoms with Crippen LogP contribution < -0.4 is 15.4 Å².